The molecule has 1 amide bonds. The molecule has 0 spiro atoms. The molecule has 1 aromatic heterocycles. The molecule has 1 heterocycles. The lowest BCUT2D eigenvalue weighted by Crippen LogP contribution is -2.50. The number of carbonyl (C=O) groups is 1. The summed E-state index contributed by atoms with van der Waals surface area (Å²) in [6, 6.07) is 9.37. The molecule has 8 heteroatoms. The molecule has 0 radical (unpaired) electrons. The molecule has 1 aliphatic rings. The van der Waals surface area contributed by atoms with Gasteiger partial charge >= 0.3 is 0 Å². The van der Waals surface area contributed by atoms with Gasteiger partial charge in [-0.1, -0.05) is 42.6 Å². The van der Waals surface area contributed by atoms with E-state index in [9.17, 15) is 10.1 Å². The van der Waals surface area contributed by atoms with Crippen LogP contribution in [0.2, 0.25) is 5.02 Å². The maximum atomic E-state index is 12.5. The van der Waals surface area contributed by atoms with Gasteiger partial charge in [-0.2, -0.15) is 5.26 Å². The standard InChI is InChI=1S/C18H19ClN4O2S/c1-12(15(24)21-18(11-20)9-3-2-4-10-18)26-17-23-22-16(25-17)13-5-7-14(19)8-6-13/h5-8,12H,2-4,9-10H2,1H3,(H,21,24)/t12-/m1/s1. The lowest BCUT2D eigenvalue weighted by Gasteiger charge is -2.32. The van der Waals surface area contributed by atoms with Crippen molar-refractivity contribution in [2.24, 2.45) is 0 Å². The van der Waals surface area contributed by atoms with Gasteiger partial charge in [0, 0.05) is 10.6 Å². The number of halogens is 1. The number of nitrogens with one attached hydrogen (secondary N) is 1. The molecule has 0 saturated heterocycles. The quantitative estimate of drug-likeness (QED) is 0.768. The Balaban J connectivity index is 1.62. The molecule has 0 aliphatic heterocycles. The fourth-order valence-corrected chi connectivity index (χ4v) is 3.74. The van der Waals surface area contributed by atoms with Crippen LogP contribution in [0.15, 0.2) is 33.9 Å². The van der Waals surface area contributed by atoms with Crippen LogP contribution in [0.25, 0.3) is 11.5 Å². The summed E-state index contributed by atoms with van der Waals surface area (Å²) in [6.07, 6.45) is 4.44. The maximum absolute atomic E-state index is 12.5. The summed E-state index contributed by atoms with van der Waals surface area (Å²) in [7, 11) is 0. The van der Waals surface area contributed by atoms with Crippen LogP contribution in [0.5, 0.6) is 0 Å². The molecule has 0 bridgehead atoms. The molecule has 1 aromatic carbocycles. The van der Waals surface area contributed by atoms with Gasteiger partial charge in [-0.3, -0.25) is 4.79 Å². The first-order valence-corrected chi connectivity index (χ1v) is 9.76. The highest BCUT2D eigenvalue weighted by Gasteiger charge is 2.35. The number of hydrogen-bond acceptors (Lipinski definition) is 6. The number of nitriles is 1. The van der Waals surface area contributed by atoms with E-state index in [2.05, 4.69) is 21.6 Å². The van der Waals surface area contributed by atoms with Crippen molar-refractivity contribution >= 4 is 29.3 Å². The largest absolute Gasteiger partial charge is 0.411 e. The minimum atomic E-state index is -0.743. The Morgan fingerprint density at radius 3 is 2.65 bits per heavy atom. The van der Waals surface area contributed by atoms with Crippen LogP contribution < -0.4 is 5.32 Å². The van der Waals surface area contributed by atoms with Crippen molar-refractivity contribution in [3.05, 3.63) is 29.3 Å². The van der Waals surface area contributed by atoms with Crippen molar-refractivity contribution in [1.29, 1.82) is 5.26 Å². The number of nitrogens with zero attached hydrogens (tertiary/aromatic N) is 3. The second kappa shape index (κ2) is 8.11. The van der Waals surface area contributed by atoms with Crippen molar-refractivity contribution in [2.75, 3.05) is 0 Å². The maximum Gasteiger partial charge on any atom is 0.277 e. The zero-order chi connectivity index (χ0) is 18.6. The molecule has 1 saturated carbocycles. The van der Waals surface area contributed by atoms with Crippen LogP contribution >= 0.6 is 23.4 Å². The number of carbonyl (C=O) groups excluding carboxylic acids is 1. The molecule has 1 fully saturated rings. The van der Waals surface area contributed by atoms with Gasteiger partial charge in [0.2, 0.25) is 11.8 Å². The first-order chi connectivity index (χ1) is 12.5. The van der Waals surface area contributed by atoms with Crippen LogP contribution in [-0.2, 0) is 4.79 Å². The number of hydrogen-bond donors (Lipinski definition) is 1. The van der Waals surface area contributed by atoms with E-state index in [4.69, 9.17) is 16.0 Å². The SMILES string of the molecule is C[C@@H](Sc1nnc(-c2ccc(Cl)cc2)o1)C(=O)NC1(C#N)CCCCC1. The highest BCUT2D eigenvalue weighted by atomic mass is 35.5. The van der Waals surface area contributed by atoms with Crippen molar-refractivity contribution in [2.45, 2.75) is 55.0 Å². The van der Waals surface area contributed by atoms with E-state index in [1.54, 1.807) is 31.2 Å². The van der Waals surface area contributed by atoms with E-state index in [1.165, 1.54) is 11.8 Å². The smallest absolute Gasteiger partial charge is 0.277 e. The van der Waals surface area contributed by atoms with Crippen LogP contribution in [0, 0.1) is 11.3 Å². The van der Waals surface area contributed by atoms with Gasteiger partial charge < -0.3 is 9.73 Å². The number of benzene rings is 1. The van der Waals surface area contributed by atoms with Gasteiger partial charge in [0.15, 0.2) is 0 Å². The van der Waals surface area contributed by atoms with Crippen LogP contribution in [0.3, 0.4) is 0 Å². The van der Waals surface area contributed by atoms with Crippen molar-refractivity contribution in [3.8, 4) is 17.5 Å². The van der Waals surface area contributed by atoms with E-state index in [0.717, 1.165) is 24.8 Å². The number of rotatable bonds is 5. The van der Waals surface area contributed by atoms with Gasteiger partial charge in [0.25, 0.3) is 5.22 Å². The molecule has 2 aromatic rings. The number of aromatic nitrogens is 2. The summed E-state index contributed by atoms with van der Waals surface area (Å²) in [4.78, 5) is 12.5. The predicted molar refractivity (Wildman–Crippen MR) is 99.6 cm³/mol. The van der Waals surface area contributed by atoms with E-state index in [-0.39, 0.29) is 5.91 Å². The Kier molecular flexibility index (Phi) is 5.84. The summed E-state index contributed by atoms with van der Waals surface area (Å²) in [5.74, 6) is 0.183. The highest BCUT2D eigenvalue weighted by molar-refractivity contribution is 8.00. The van der Waals surface area contributed by atoms with Gasteiger partial charge in [0.05, 0.1) is 11.3 Å². The first kappa shape index (κ1) is 18.7. The van der Waals surface area contributed by atoms with Crippen LogP contribution in [-0.4, -0.2) is 26.9 Å². The number of thioether (sulfide) groups is 1. The third-order valence-electron chi connectivity index (χ3n) is 4.43. The minimum absolute atomic E-state index is 0.190. The predicted octanol–water partition coefficient (Wildman–Crippen LogP) is 4.21. The fourth-order valence-electron chi connectivity index (χ4n) is 2.93. The summed E-state index contributed by atoms with van der Waals surface area (Å²) < 4.78 is 5.62. The normalized spacial score (nSPS) is 17.3. The summed E-state index contributed by atoms with van der Waals surface area (Å²) in [5, 5.41) is 20.9. The third kappa shape index (κ3) is 4.37. The zero-order valence-electron chi connectivity index (χ0n) is 14.4. The summed E-state index contributed by atoms with van der Waals surface area (Å²) in [5.41, 5.74) is 0.0180. The Morgan fingerprint density at radius 1 is 1.31 bits per heavy atom. The Labute approximate surface area is 161 Å². The lowest BCUT2D eigenvalue weighted by atomic mass is 9.83. The Hall–Kier alpha value is -2.04. The average Bonchev–Trinajstić information content (AvgIpc) is 3.11. The van der Waals surface area contributed by atoms with Crippen LogP contribution in [0.4, 0.5) is 0 Å². The molecule has 136 valence electrons. The molecular formula is C18H19ClN4O2S. The van der Waals surface area contributed by atoms with Crippen molar-refractivity contribution < 1.29 is 9.21 Å². The number of amides is 1. The minimum Gasteiger partial charge on any atom is -0.411 e. The molecule has 0 unspecified atom stereocenters. The zero-order valence-corrected chi connectivity index (χ0v) is 15.9. The van der Waals surface area contributed by atoms with E-state index in [0.29, 0.717) is 29.0 Å². The van der Waals surface area contributed by atoms with Gasteiger partial charge in [-0.25, -0.2) is 0 Å². The van der Waals surface area contributed by atoms with Crippen molar-refractivity contribution in [3.63, 3.8) is 0 Å². The van der Waals surface area contributed by atoms with Gasteiger partial charge in [0.1, 0.15) is 5.54 Å². The van der Waals surface area contributed by atoms with Gasteiger partial charge in [-0.15, -0.1) is 10.2 Å². The molecule has 1 atom stereocenters. The third-order valence-corrected chi connectivity index (χ3v) is 5.61. The first-order valence-electron chi connectivity index (χ1n) is 8.51. The van der Waals surface area contributed by atoms with Crippen molar-refractivity contribution in [1.82, 2.24) is 15.5 Å². The lowest BCUT2D eigenvalue weighted by molar-refractivity contribution is -0.122. The van der Waals surface area contributed by atoms with E-state index in [1.807, 2.05) is 0 Å². The summed E-state index contributed by atoms with van der Waals surface area (Å²) in [6.45, 7) is 1.76. The average molecular weight is 391 g/mol. The van der Waals surface area contributed by atoms with E-state index < -0.39 is 10.8 Å². The fraction of sp³-hybridized carbons (Fsp3) is 0.444. The molecule has 3 rings (SSSR count). The highest BCUT2D eigenvalue weighted by Crippen LogP contribution is 2.30. The monoisotopic (exact) mass is 390 g/mol. The molecule has 6 nitrogen and oxygen atoms in total. The van der Waals surface area contributed by atoms with Gasteiger partial charge in [-0.05, 0) is 44.0 Å². The second-order valence-electron chi connectivity index (χ2n) is 6.38. The van der Waals surface area contributed by atoms with E-state index >= 15 is 0 Å². The molecule has 26 heavy (non-hydrogen) atoms. The second-order valence-corrected chi connectivity index (χ2v) is 8.11. The summed E-state index contributed by atoms with van der Waals surface area (Å²) >= 11 is 7.05. The molecule has 1 aliphatic carbocycles. The molecular weight excluding hydrogens is 372 g/mol. The Bertz CT molecular complexity index is 809. The Morgan fingerprint density at radius 2 is 2.00 bits per heavy atom. The topological polar surface area (TPSA) is 91.8 Å². The molecule has 1 N–H and O–H groups in total. The van der Waals surface area contributed by atoms with Crippen LogP contribution in [0.1, 0.15) is 39.0 Å².